The van der Waals surface area contributed by atoms with Crippen LogP contribution in [0.5, 0.6) is 0 Å². The van der Waals surface area contributed by atoms with Crippen LogP contribution in [0.25, 0.3) is 0 Å². The fourth-order valence-corrected chi connectivity index (χ4v) is 2.96. The van der Waals surface area contributed by atoms with Gasteiger partial charge < -0.3 is 5.32 Å². The molecule has 1 aliphatic carbocycles. The first-order valence-electron chi connectivity index (χ1n) is 6.13. The molecular weight excluding hydrogens is 329 g/mol. The summed E-state index contributed by atoms with van der Waals surface area (Å²) in [6.45, 7) is 0. The summed E-state index contributed by atoms with van der Waals surface area (Å²) in [5, 5.41) is 4.15. The molecule has 4 heteroatoms. The van der Waals surface area contributed by atoms with Gasteiger partial charge in [-0.1, -0.05) is 17.7 Å². The standard InChI is InChI=1S/C15H12BrClFN/c16-13-5-3-11(8-14(13)18)19-15-6-1-9-7-10(17)2-4-12(9)15/h2-5,7-8,15,19H,1,6H2. The van der Waals surface area contributed by atoms with Gasteiger partial charge in [0.05, 0.1) is 10.5 Å². The van der Waals surface area contributed by atoms with E-state index in [9.17, 15) is 4.39 Å². The maximum atomic E-state index is 13.5. The van der Waals surface area contributed by atoms with Gasteiger partial charge in [0.25, 0.3) is 0 Å². The summed E-state index contributed by atoms with van der Waals surface area (Å²) < 4.78 is 14.0. The maximum Gasteiger partial charge on any atom is 0.139 e. The lowest BCUT2D eigenvalue weighted by Gasteiger charge is -2.16. The predicted molar refractivity (Wildman–Crippen MR) is 80.2 cm³/mol. The Hall–Kier alpha value is -1.06. The zero-order valence-corrected chi connectivity index (χ0v) is 12.4. The minimum absolute atomic E-state index is 0.229. The van der Waals surface area contributed by atoms with E-state index >= 15 is 0 Å². The third kappa shape index (κ3) is 2.63. The Kier molecular flexibility index (Phi) is 3.50. The van der Waals surface area contributed by atoms with Gasteiger partial charge in [0.15, 0.2) is 0 Å². The first kappa shape index (κ1) is 12.9. The highest BCUT2D eigenvalue weighted by atomic mass is 79.9. The Morgan fingerprint density at radius 3 is 2.84 bits per heavy atom. The van der Waals surface area contributed by atoms with Crippen LogP contribution in [0.15, 0.2) is 40.9 Å². The molecule has 1 atom stereocenters. The topological polar surface area (TPSA) is 12.0 Å². The quantitative estimate of drug-likeness (QED) is 0.778. The molecular formula is C15H12BrClFN. The molecule has 1 nitrogen and oxygen atoms in total. The first-order valence-corrected chi connectivity index (χ1v) is 7.30. The van der Waals surface area contributed by atoms with E-state index in [0.717, 1.165) is 23.6 Å². The van der Waals surface area contributed by atoms with E-state index in [1.54, 1.807) is 6.07 Å². The van der Waals surface area contributed by atoms with Crippen LogP contribution in [0, 0.1) is 5.82 Å². The highest BCUT2D eigenvalue weighted by Crippen LogP contribution is 2.35. The zero-order chi connectivity index (χ0) is 13.4. The molecule has 2 aromatic rings. The molecule has 1 aliphatic rings. The van der Waals surface area contributed by atoms with Gasteiger partial charge >= 0.3 is 0 Å². The number of hydrogen-bond acceptors (Lipinski definition) is 1. The fourth-order valence-electron chi connectivity index (χ4n) is 2.52. The van der Waals surface area contributed by atoms with E-state index in [-0.39, 0.29) is 11.9 Å². The summed E-state index contributed by atoms with van der Waals surface area (Å²) in [7, 11) is 0. The second kappa shape index (κ2) is 5.14. The molecule has 0 fully saturated rings. The van der Waals surface area contributed by atoms with E-state index in [4.69, 9.17) is 11.6 Å². The monoisotopic (exact) mass is 339 g/mol. The summed E-state index contributed by atoms with van der Waals surface area (Å²) in [5.74, 6) is -0.251. The number of halogens is 3. The zero-order valence-electron chi connectivity index (χ0n) is 10.1. The molecule has 0 heterocycles. The predicted octanol–water partition coefficient (Wildman–Crippen LogP) is 5.34. The lowest BCUT2D eigenvalue weighted by atomic mass is 10.1. The van der Waals surface area contributed by atoms with Crippen LogP contribution in [0.1, 0.15) is 23.6 Å². The van der Waals surface area contributed by atoms with E-state index in [1.165, 1.54) is 17.2 Å². The lowest BCUT2D eigenvalue weighted by molar-refractivity contribution is 0.621. The van der Waals surface area contributed by atoms with Gasteiger partial charge in [0.2, 0.25) is 0 Å². The molecule has 98 valence electrons. The van der Waals surface area contributed by atoms with Crippen molar-refractivity contribution in [2.75, 3.05) is 5.32 Å². The van der Waals surface area contributed by atoms with Crippen molar-refractivity contribution in [2.45, 2.75) is 18.9 Å². The molecule has 0 saturated heterocycles. The number of nitrogens with one attached hydrogen (secondary N) is 1. The summed E-state index contributed by atoms with van der Waals surface area (Å²) in [6.07, 6.45) is 2.01. The summed E-state index contributed by atoms with van der Waals surface area (Å²) in [6, 6.07) is 11.3. The average molecular weight is 341 g/mol. The third-order valence-electron chi connectivity index (χ3n) is 3.44. The van der Waals surface area contributed by atoms with Gasteiger partial charge in [-0.05, 0) is 70.2 Å². The van der Waals surface area contributed by atoms with E-state index in [1.807, 2.05) is 18.2 Å². The average Bonchev–Trinajstić information content (AvgIpc) is 2.76. The SMILES string of the molecule is Fc1cc(NC2CCc3cc(Cl)ccc32)ccc1Br. The Morgan fingerprint density at radius 1 is 1.21 bits per heavy atom. The summed E-state index contributed by atoms with van der Waals surface area (Å²) >= 11 is 9.15. The van der Waals surface area contributed by atoms with Crippen LogP contribution in [-0.4, -0.2) is 0 Å². The Bertz CT molecular complexity index is 630. The fraction of sp³-hybridized carbons (Fsp3) is 0.200. The molecule has 0 aliphatic heterocycles. The van der Waals surface area contributed by atoms with Crippen LogP contribution < -0.4 is 5.32 Å². The maximum absolute atomic E-state index is 13.5. The van der Waals surface area contributed by atoms with Crippen LogP contribution in [0.3, 0.4) is 0 Å². The van der Waals surface area contributed by atoms with Gasteiger partial charge in [-0.3, -0.25) is 0 Å². The van der Waals surface area contributed by atoms with Gasteiger partial charge in [0.1, 0.15) is 5.82 Å². The van der Waals surface area contributed by atoms with Crippen molar-refractivity contribution in [2.24, 2.45) is 0 Å². The number of hydrogen-bond donors (Lipinski definition) is 1. The van der Waals surface area contributed by atoms with Crippen molar-refractivity contribution in [3.63, 3.8) is 0 Å². The smallest absolute Gasteiger partial charge is 0.139 e. The molecule has 1 unspecified atom stereocenters. The normalized spacial score (nSPS) is 17.3. The lowest BCUT2D eigenvalue weighted by Crippen LogP contribution is -2.07. The van der Waals surface area contributed by atoms with Crippen LogP contribution >= 0.6 is 27.5 Å². The van der Waals surface area contributed by atoms with Crippen LogP contribution in [-0.2, 0) is 6.42 Å². The highest BCUT2D eigenvalue weighted by molar-refractivity contribution is 9.10. The van der Waals surface area contributed by atoms with Gasteiger partial charge in [-0.2, -0.15) is 0 Å². The van der Waals surface area contributed by atoms with Crippen molar-refractivity contribution in [3.8, 4) is 0 Å². The largest absolute Gasteiger partial charge is 0.378 e. The van der Waals surface area contributed by atoms with Crippen molar-refractivity contribution in [1.29, 1.82) is 0 Å². The molecule has 0 radical (unpaired) electrons. The second-order valence-corrected chi connectivity index (χ2v) is 6.00. The Morgan fingerprint density at radius 2 is 2.05 bits per heavy atom. The summed E-state index contributed by atoms with van der Waals surface area (Å²) in [5.41, 5.74) is 3.34. The van der Waals surface area contributed by atoms with Crippen molar-refractivity contribution in [3.05, 3.63) is 62.8 Å². The molecule has 1 N–H and O–H groups in total. The van der Waals surface area contributed by atoms with Gasteiger partial charge in [-0.15, -0.1) is 0 Å². The number of anilines is 1. The van der Waals surface area contributed by atoms with Crippen LogP contribution in [0.4, 0.5) is 10.1 Å². The van der Waals surface area contributed by atoms with Crippen molar-refractivity contribution >= 4 is 33.2 Å². The molecule has 0 bridgehead atoms. The number of aryl methyl sites for hydroxylation is 1. The van der Waals surface area contributed by atoms with Gasteiger partial charge in [-0.25, -0.2) is 4.39 Å². The molecule has 0 spiro atoms. The molecule has 0 saturated carbocycles. The number of fused-ring (bicyclic) bond motifs is 1. The second-order valence-electron chi connectivity index (χ2n) is 4.71. The third-order valence-corrected chi connectivity index (χ3v) is 4.32. The highest BCUT2D eigenvalue weighted by Gasteiger charge is 2.22. The molecule has 0 amide bonds. The molecule has 0 aromatic heterocycles. The van der Waals surface area contributed by atoms with E-state index in [0.29, 0.717) is 4.47 Å². The Labute approximate surface area is 124 Å². The minimum Gasteiger partial charge on any atom is -0.378 e. The van der Waals surface area contributed by atoms with Crippen molar-refractivity contribution in [1.82, 2.24) is 0 Å². The van der Waals surface area contributed by atoms with Crippen LogP contribution in [0.2, 0.25) is 5.02 Å². The Balaban J connectivity index is 1.84. The molecule has 3 rings (SSSR count). The van der Waals surface area contributed by atoms with Crippen molar-refractivity contribution < 1.29 is 4.39 Å². The molecule has 19 heavy (non-hydrogen) atoms. The van der Waals surface area contributed by atoms with Gasteiger partial charge in [0, 0.05) is 10.7 Å². The molecule has 2 aromatic carbocycles. The minimum atomic E-state index is -0.251. The van der Waals surface area contributed by atoms with E-state index < -0.39 is 0 Å². The first-order chi connectivity index (χ1) is 9.13. The number of rotatable bonds is 2. The number of benzene rings is 2. The van der Waals surface area contributed by atoms with E-state index in [2.05, 4.69) is 27.3 Å². The summed E-state index contributed by atoms with van der Waals surface area (Å²) in [4.78, 5) is 0.